The maximum atomic E-state index is 14.0. The number of nitrogens with zero attached hydrogens (tertiary/aromatic N) is 6. The maximum absolute atomic E-state index is 14.0. The lowest BCUT2D eigenvalue weighted by molar-refractivity contribution is 0.240. The van der Waals surface area contributed by atoms with Gasteiger partial charge in [0.05, 0.1) is 6.54 Å². The highest BCUT2D eigenvalue weighted by Gasteiger charge is 2.22. The minimum absolute atomic E-state index is 0.295. The monoisotopic (exact) mass is 438 g/mol. The molecule has 1 aliphatic rings. The third-order valence-electron chi connectivity index (χ3n) is 4.15. The fraction of sp³-hybridized carbons (Fsp3) is 0.375. The first-order valence-electron chi connectivity index (χ1n) is 8.14. The molecule has 3 aromatic rings. The summed E-state index contributed by atoms with van der Waals surface area (Å²) in [5.74, 6) is 0.996. The van der Waals surface area contributed by atoms with Crippen LogP contribution in [-0.2, 0) is 6.54 Å². The Labute approximate surface area is 162 Å². The van der Waals surface area contributed by atoms with Crippen LogP contribution >= 0.6 is 27.3 Å². The molecule has 1 saturated heterocycles. The zero-order valence-electron chi connectivity index (χ0n) is 14.0. The van der Waals surface area contributed by atoms with Crippen LogP contribution < -0.4 is 4.90 Å². The average Bonchev–Trinajstić information content (AvgIpc) is 3.27. The lowest BCUT2D eigenvalue weighted by atomic mass is 10.2. The number of piperazine rings is 1. The van der Waals surface area contributed by atoms with E-state index in [1.807, 2.05) is 0 Å². The Hall–Kier alpha value is -1.91. The van der Waals surface area contributed by atoms with Crippen molar-refractivity contribution >= 4 is 32.4 Å². The molecule has 3 heterocycles. The van der Waals surface area contributed by atoms with E-state index in [-0.39, 0.29) is 5.82 Å². The summed E-state index contributed by atoms with van der Waals surface area (Å²) in [5, 5.41) is 13.8. The van der Waals surface area contributed by atoms with Gasteiger partial charge >= 0.3 is 0 Å². The molecule has 0 N–H and O–H groups in total. The number of hydrogen-bond donors (Lipinski definition) is 0. The molecule has 4 rings (SSSR count). The largest absolute Gasteiger partial charge is 0.344 e. The molecule has 0 atom stereocenters. The molecule has 0 aliphatic carbocycles. The molecule has 1 aliphatic heterocycles. The second kappa shape index (κ2) is 7.37. The Morgan fingerprint density at radius 1 is 1.23 bits per heavy atom. The molecule has 0 radical (unpaired) electrons. The first-order chi connectivity index (χ1) is 12.6. The van der Waals surface area contributed by atoms with E-state index in [1.165, 1.54) is 17.4 Å². The van der Waals surface area contributed by atoms with E-state index < -0.39 is 0 Å². The zero-order chi connectivity index (χ0) is 18.1. The predicted octanol–water partition coefficient (Wildman–Crippen LogP) is 3.12. The first-order valence-corrected chi connectivity index (χ1v) is 9.75. The number of aryl methyl sites for hydroxylation is 1. The number of rotatable bonds is 4. The minimum Gasteiger partial charge on any atom is -0.344 e. The van der Waals surface area contributed by atoms with Gasteiger partial charge in [-0.1, -0.05) is 32.4 Å². The molecule has 10 heteroatoms. The standard InChI is InChI=1S/C16H16BrFN6OS/c1-10-19-14(22-25-10)9-23-4-6-24(7-5-23)16-21-20-15(26-16)12-8-11(17)2-3-13(12)18/h2-3,8H,4-7,9H2,1H3. The van der Waals surface area contributed by atoms with Crippen LogP contribution in [0.5, 0.6) is 0 Å². The van der Waals surface area contributed by atoms with E-state index in [0.717, 1.165) is 35.8 Å². The molecule has 7 nitrogen and oxygen atoms in total. The summed E-state index contributed by atoms with van der Waals surface area (Å²) in [7, 11) is 0. The van der Waals surface area contributed by atoms with Gasteiger partial charge in [0, 0.05) is 43.1 Å². The molecule has 136 valence electrons. The van der Waals surface area contributed by atoms with Crippen LogP contribution in [0.25, 0.3) is 10.6 Å². The van der Waals surface area contributed by atoms with Crippen molar-refractivity contribution < 1.29 is 8.91 Å². The Morgan fingerprint density at radius 3 is 2.77 bits per heavy atom. The normalized spacial score (nSPS) is 15.6. The lowest BCUT2D eigenvalue weighted by Crippen LogP contribution is -2.46. The third kappa shape index (κ3) is 3.76. The quantitative estimate of drug-likeness (QED) is 0.619. The topological polar surface area (TPSA) is 71.2 Å². The fourth-order valence-electron chi connectivity index (χ4n) is 2.82. The summed E-state index contributed by atoms with van der Waals surface area (Å²) in [5.41, 5.74) is 0.467. The van der Waals surface area contributed by atoms with Crippen molar-refractivity contribution in [2.75, 3.05) is 31.1 Å². The summed E-state index contributed by atoms with van der Waals surface area (Å²) in [4.78, 5) is 8.69. The fourth-order valence-corrected chi connectivity index (χ4v) is 4.09. The lowest BCUT2D eigenvalue weighted by Gasteiger charge is -2.33. The summed E-state index contributed by atoms with van der Waals surface area (Å²) >= 11 is 4.78. The Bertz CT molecular complexity index is 908. The molecule has 26 heavy (non-hydrogen) atoms. The highest BCUT2D eigenvalue weighted by Crippen LogP contribution is 2.32. The number of anilines is 1. The van der Waals surface area contributed by atoms with Crippen molar-refractivity contribution in [3.8, 4) is 10.6 Å². The van der Waals surface area contributed by atoms with Crippen LogP contribution in [0.2, 0.25) is 0 Å². The van der Waals surface area contributed by atoms with Crippen molar-refractivity contribution in [2.24, 2.45) is 0 Å². The van der Waals surface area contributed by atoms with Gasteiger partial charge in [0.1, 0.15) is 5.82 Å². The molecule has 0 amide bonds. The number of aromatic nitrogens is 4. The van der Waals surface area contributed by atoms with Crippen molar-refractivity contribution in [1.29, 1.82) is 0 Å². The molecular formula is C16H16BrFN6OS. The molecule has 0 unspecified atom stereocenters. The minimum atomic E-state index is -0.295. The number of benzene rings is 1. The third-order valence-corrected chi connectivity index (χ3v) is 5.66. The van der Waals surface area contributed by atoms with Crippen molar-refractivity contribution in [3.05, 3.63) is 40.2 Å². The van der Waals surface area contributed by atoms with Gasteiger partial charge in [0.2, 0.25) is 11.0 Å². The number of hydrogen-bond acceptors (Lipinski definition) is 8. The summed E-state index contributed by atoms with van der Waals surface area (Å²) in [6.07, 6.45) is 0. The number of halogens is 2. The predicted molar refractivity (Wildman–Crippen MR) is 99.5 cm³/mol. The Balaban J connectivity index is 1.40. The molecule has 2 aromatic heterocycles. The Kier molecular flexibility index (Phi) is 4.96. The van der Waals surface area contributed by atoms with Crippen molar-refractivity contribution in [1.82, 2.24) is 25.2 Å². The van der Waals surface area contributed by atoms with E-state index in [4.69, 9.17) is 4.52 Å². The average molecular weight is 439 g/mol. The van der Waals surface area contributed by atoms with Crippen LogP contribution in [0.15, 0.2) is 27.2 Å². The van der Waals surface area contributed by atoms with Gasteiger partial charge in [-0.2, -0.15) is 4.98 Å². The van der Waals surface area contributed by atoms with Gasteiger partial charge in [-0.25, -0.2) is 4.39 Å². The van der Waals surface area contributed by atoms with Gasteiger partial charge in [-0.3, -0.25) is 4.90 Å². The van der Waals surface area contributed by atoms with Crippen LogP contribution in [0.1, 0.15) is 11.7 Å². The van der Waals surface area contributed by atoms with E-state index in [2.05, 4.69) is 46.1 Å². The van der Waals surface area contributed by atoms with Gasteiger partial charge in [-0.05, 0) is 18.2 Å². The van der Waals surface area contributed by atoms with E-state index in [9.17, 15) is 4.39 Å². The summed E-state index contributed by atoms with van der Waals surface area (Å²) in [6.45, 7) is 5.85. The second-order valence-electron chi connectivity index (χ2n) is 6.01. The SMILES string of the molecule is Cc1nc(CN2CCN(c3nnc(-c4cc(Br)ccc4F)s3)CC2)no1. The second-order valence-corrected chi connectivity index (χ2v) is 7.88. The molecule has 0 saturated carbocycles. The van der Waals surface area contributed by atoms with Crippen LogP contribution in [0.3, 0.4) is 0 Å². The van der Waals surface area contributed by atoms with E-state index in [0.29, 0.717) is 28.8 Å². The van der Waals surface area contributed by atoms with Crippen molar-refractivity contribution in [2.45, 2.75) is 13.5 Å². The maximum Gasteiger partial charge on any atom is 0.223 e. The Morgan fingerprint density at radius 2 is 2.04 bits per heavy atom. The molecular weight excluding hydrogens is 423 g/mol. The van der Waals surface area contributed by atoms with Gasteiger partial charge in [-0.15, -0.1) is 10.2 Å². The first kappa shape index (κ1) is 17.5. The summed E-state index contributed by atoms with van der Waals surface area (Å²) in [6, 6.07) is 4.83. The molecule has 1 aromatic carbocycles. The van der Waals surface area contributed by atoms with Crippen molar-refractivity contribution in [3.63, 3.8) is 0 Å². The van der Waals surface area contributed by atoms with E-state index >= 15 is 0 Å². The smallest absolute Gasteiger partial charge is 0.223 e. The molecule has 0 bridgehead atoms. The highest BCUT2D eigenvalue weighted by atomic mass is 79.9. The molecule has 1 fully saturated rings. The van der Waals surface area contributed by atoms with Crippen LogP contribution in [-0.4, -0.2) is 51.4 Å². The summed E-state index contributed by atoms with van der Waals surface area (Å²) < 4.78 is 19.9. The van der Waals surface area contributed by atoms with Gasteiger partial charge < -0.3 is 9.42 Å². The van der Waals surface area contributed by atoms with E-state index in [1.54, 1.807) is 19.1 Å². The zero-order valence-corrected chi connectivity index (χ0v) is 16.4. The van der Waals surface area contributed by atoms with Gasteiger partial charge in [0.15, 0.2) is 10.8 Å². The van der Waals surface area contributed by atoms with Crippen LogP contribution in [0.4, 0.5) is 9.52 Å². The van der Waals surface area contributed by atoms with Crippen LogP contribution in [0, 0.1) is 12.7 Å². The van der Waals surface area contributed by atoms with Gasteiger partial charge in [0.25, 0.3) is 0 Å². The molecule has 0 spiro atoms. The highest BCUT2D eigenvalue weighted by molar-refractivity contribution is 9.10.